The van der Waals surface area contributed by atoms with Gasteiger partial charge in [0.2, 0.25) is 0 Å². The smallest absolute Gasteiger partial charge is 0.261 e. The topological polar surface area (TPSA) is 52.9 Å². The molecule has 0 saturated carbocycles. The predicted octanol–water partition coefficient (Wildman–Crippen LogP) is 4.65. The third kappa shape index (κ3) is 5.42. The third-order valence-corrected chi connectivity index (χ3v) is 3.96. The molecule has 1 N–H and O–H groups in total. The summed E-state index contributed by atoms with van der Waals surface area (Å²) in [6.07, 6.45) is 3.14. The van der Waals surface area contributed by atoms with Gasteiger partial charge in [-0.15, -0.1) is 0 Å². The summed E-state index contributed by atoms with van der Waals surface area (Å²) in [5.74, 6) is -0.406. The van der Waals surface area contributed by atoms with Crippen LogP contribution in [0.25, 0.3) is 6.08 Å². The van der Waals surface area contributed by atoms with Crippen LogP contribution in [-0.4, -0.2) is 12.5 Å². The van der Waals surface area contributed by atoms with Crippen molar-refractivity contribution in [3.05, 3.63) is 75.3 Å². The number of nitriles is 1. The summed E-state index contributed by atoms with van der Waals surface area (Å²) in [6, 6.07) is 16.8. The van der Waals surface area contributed by atoms with E-state index in [9.17, 15) is 10.1 Å². The van der Waals surface area contributed by atoms with E-state index in [2.05, 4.69) is 5.32 Å². The molecule has 24 heavy (non-hydrogen) atoms. The first kappa shape index (κ1) is 18.1. The van der Waals surface area contributed by atoms with Crippen LogP contribution in [-0.2, 0) is 11.2 Å². The minimum absolute atomic E-state index is 0.0129. The Morgan fingerprint density at radius 3 is 2.58 bits per heavy atom. The molecule has 0 spiro atoms. The number of carbonyl (C=O) groups excluding carboxylic acids is 1. The minimum atomic E-state index is -0.406. The van der Waals surface area contributed by atoms with E-state index in [1.807, 2.05) is 36.4 Å². The fraction of sp³-hybridized carbons (Fsp3) is 0.158. The molecule has 0 aliphatic rings. The minimum Gasteiger partial charge on any atom is -0.351 e. The summed E-state index contributed by atoms with van der Waals surface area (Å²) in [5, 5.41) is 12.8. The average molecular weight is 359 g/mol. The number of amides is 1. The Morgan fingerprint density at radius 1 is 1.17 bits per heavy atom. The molecule has 5 heteroatoms. The van der Waals surface area contributed by atoms with Crippen LogP contribution in [0.4, 0.5) is 0 Å². The number of rotatable bonds is 6. The van der Waals surface area contributed by atoms with E-state index >= 15 is 0 Å². The van der Waals surface area contributed by atoms with Gasteiger partial charge in [-0.25, -0.2) is 0 Å². The van der Waals surface area contributed by atoms with E-state index in [0.29, 0.717) is 22.2 Å². The summed E-state index contributed by atoms with van der Waals surface area (Å²) < 4.78 is 0. The fourth-order valence-corrected chi connectivity index (χ4v) is 2.62. The van der Waals surface area contributed by atoms with Crippen molar-refractivity contribution in [2.45, 2.75) is 12.8 Å². The molecule has 1 amide bonds. The zero-order chi connectivity index (χ0) is 17.4. The highest BCUT2D eigenvalue weighted by Crippen LogP contribution is 2.23. The quantitative estimate of drug-likeness (QED) is 0.464. The van der Waals surface area contributed by atoms with Crippen LogP contribution >= 0.6 is 23.2 Å². The van der Waals surface area contributed by atoms with Crippen LogP contribution < -0.4 is 5.32 Å². The number of hydrogen-bond donors (Lipinski definition) is 1. The van der Waals surface area contributed by atoms with Crippen LogP contribution in [0.1, 0.15) is 17.5 Å². The second kappa shape index (κ2) is 9.12. The van der Waals surface area contributed by atoms with Gasteiger partial charge in [0.05, 0.1) is 0 Å². The third-order valence-electron chi connectivity index (χ3n) is 3.40. The lowest BCUT2D eigenvalue weighted by molar-refractivity contribution is -0.117. The second-order valence-corrected chi connectivity index (χ2v) is 6.02. The average Bonchev–Trinajstić information content (AvgIpc) is 2.59. The molecule has 0 bridgehead atoms. The first-order valence-corrected chi connectivity index (χ1v) is 8.24. The summed E-state index contributed by atoms with van der Waals surface area (Å²) in [7, 11) is 0. The monoisotopic (exact) mass is 358 g/mol. The Kier molecular flexibility index (Phi) is 6.87. The van der Waals surface area contributed by atoms with Gasteiger partial charge in [-0.1, -0.05) is 59.6 Å². The number of benzene rings is 2. The number of carbonyl (C=O) groups is 1. The Bertz CT molecular complexity index is 780. The van der Waals surface area contributed by atoms with Crippen molar-refractivity contribution >= 4 is 35.2 Å². The Balaban J connectivity index is 1.91. The SMILES string of the molecule is N#C/C(=C/c1ccc(Cl)cc1Cl)C(=O)NCCCc1ccccc1. The molecule has 122 valence electrons. The molecule has 3 nitrogen and oxygen atoms in total. The van der Waals surface area contributed by atoms with E-state index < -0.39 is 5.91 Å². The molecule has 2 aromatic carbocycles. The van der Waals surface area contributed by atoms with Crippen LogP contribution in [0, 0.1) is 11.3 Å². The van der Waals surface area contributed by atoms with Gasteiger partial charge in [0.25, 0.3) is 5.91 Å². The van der Waals surface area contributed by atoms with E-state index in [-0.39, 0.29) is 5.57 Å². The van der Waals surface area contributed by atoms with Gasteiger partial charge in [-0.3, -0.25) is 4.79 Å². The Labute approximate surface area is 151 Å². The van der Waals surface area contributed by atoms with Crippen molar-refractivity contribution in [3.8, 4) is 6.07 Å². The zero-order valence-corrected chi connectivity index (χ0v) is 14.4. The van der Waals surface area contributed by atoms with Crippen LogP contribution in [0.5, 0.6) is 0 Å². The number of aryl methyl sites for hydroxylation is 1. The van der Waals surface area contributed by atoms with Crippen LogP contribution in [0.3, 0.4) is 0 Å². The number of halogens is 2. The zero-order valence-electron chi connectivity index (χ0n) is 12.9. The highest BCUT2D eigenvalue weighted by molar-refractivity contribution is 6.35. The lowest BCUT2D eigenvalue weighted by Crippen LogP contribution is -2.25. The molecule has 0 atom stereocenters. The van der Waals surface area contributed by atoms with Gasteiger partial charge in [-0.2, -0.15) is 5.26 Å². The molecule has 0 heterocycles. The Morgan fingerprint density at radius 2 is 1.92 bits per heavy atom. The van der Waals surface area contributed by atoms with E-state index in [1.54, 1.807) is 18.2 Å². The first-order chi connectivity index (χ1) is 11.6. The van der Waals surface area contributed by atoms with Crippen molar-refractivity contribution in [2.24, 2.45) is 0 Å². The normalized spacial score (nSPS) is 11.0. The maximum absolute atomic E-state index is 12.1. The fourth-order valence-electron chi connectivity index (χ4n) is 2.16. The van der Waals surface area contributed by atoms with Crippen molar-refractivity contribution in [2.75, 3.05) is 6.54 Å². The largest absolute Gasteiger partial charge is 0.351 e. The molecule has 2 rings (SSSR count). The van der Waals surface area contributed by atoms with Gasteiger partial charge >= 0.3 is 0 Å². The van der Waals surface area contributed by atoms with Gasteiger partial charge in [0.15, 0.2) is 0 Å². The predicted molar refractivity (Wildman–Crippen MR) is 97.8 cm³/mol. The van der Waals surface area contributed by atoms with E-state index in [1.165, 1.54) is 11.6 Å². The summed E-state index contributed by atoms with van der Waals surface area (Å²) in [6.45, 7) is 0.501. The number of nitrogens with zero attached hydrogens (tertiary/aromatic N) is 1. The molecule has 2 aromatic rings. The molecule has 0 aliphatic carbocycles. The molecule has 0 radical (unpaired) electrons. The van der Waals surface area contributed by atoms with Crippen LogP contribution in [0.15, 0.2) is 54.1 Å². The van der Waals surface area contributed by atoms with Crippen molar-refractivity contribution in [1.29, 1.82) is 5.26 Å². The van der Waals surface area contributed by atoms with Crippen molar-refractivity contribution in [1.82, 2.24) is 5.32 Å². The maximum atomic E-state index is 12.1. The second-order valence-electron chi connectivity index (χ2n) is 5.18. The molecule has 0 unspecified atom stereocenters. The lowest BCUT2D eigenvalue weighted by Gasteiger charge is -2.05. The van der Waals surface area contributed by atoms with Gasteiger partial charge in [0.1, 0.15) is 11.6 Å². The van der Waals surface area contributed by atoms with Gasteiger partial charge in [0, 0.05) is 16.6 Å². The Hall–Kier alpha value is -2.28. The number of hydrogen-bond acceptors (Lipinski definition) is 2. The first-order valence-electron chi connectivity index (χ1n) is 7.49. The highest BCUT2D eigenvalue weighted by Gasteiger charge is 2.09. The summed E-state index contributed by atoms with van der Waals surface area (Å²) in [5.41, 5.74) is 1.81. The number of nitrogens with one attached hydrogen (secondary N) is 1. The highest BCUT2D eigenvalue weighted by atomic mass is 35.5. The van der Waals surface area contributed by atoms with E-state index in [0.717, 1.165) is 12.8 Å². The lowest BCUT2D eigenvalue weighted by atomic mass is 10.1. The molecule has 0 aromatic heterocycles. The van der Waals surface area contributed by atoms with Crippen LogP contribution in [0.2, 0.25) is 10.0 Å². The van der Waals surface area contributed by atoms with Crippen molar-refractivity contribution < 1.29 is 4.79 Å². The van der Waals surface area contributed by atoms with Gasteiger partial charge in [-0.05, 0) is 42.2 Å². The van der Waals surface area contributed by atoms with Gasteiger partial charge < -0.3 is 5.32 Å². The van der Waals surface area contributed by atoms with Crippen molar-refractivity contribution in [3.63, 3.8) is 0 Å². The summed E-state index contributed by atoms with van der Waals surface area (Å²) >= 11 is 11.9. The van der Waals surface area contributed by atoms with E-state index in [4.69, 9.17) is 23.2 Å². The molecule has 0 aliphatic heterocycles. The molecular formula is C19H16Cl2N2O. The molecular weight excluding hydrogens is 343 g/mol. The summed E-state index contributed by atoms with van der Waals surface area (Å²) in [4.78, 5) is 12.1. The molecule has 0 fully saturated rings. The standard InChI is InChI=1S/C19H16Cl2N2O/c20-17-9-8-15(18(21)12-17)11-16(13-22)19(24)23-10-4-7-14-5-2-1-3-6-14/h1-3,5-6,8-9,11-12H,4,7,10H2,(H,23,24)/b16-11-. The maximum Gasteiger partial charge on any atom is 0.261 e. The molecule has 0 saturated heterocycles.